The fourth-order valence-corrected chi connectivity index (χ4v) is 5.13. The van der Waals surface area contributed by atoms with Crippen molar-refractivity contribution in [1.82, 2.24) is 4.90 Å². The zero-order chi connectivity index (χ0) is 21.8. The van der Waals surface area contributed by atoms with E-state index in [-0.39, 0.29) is 18.6 Å². The lowest BCUT2D eigenvalue weighted by Crippen LogP contribution is -2.51. The molecule has 3 rings (SSSR count). The van der Waals surface area contributed by atoms with Gasteiger partial charge < -0.3 is 9.64 Å². The van der Waals surface area contributed by atoms with Gasteiger partial charge in [0, 0.05) is 21.8 Å². The Morgan fingerprint density at radius 1 is 1.13 bits per heavy atom. The van der Waals surface area contributed by atoms with Crippen LogP contribution in [0.4, 0.5) is 4.39 Å². The molecule has 2 aromatic rings. The number of hydrogen-bond donors (Lipinski definition) is 0. The molecule has 1 heterocycles. The zero-order valence-electron chi connectivity index (χ0n) is 17.3. The molecule has 2 aromatic carbocycles. The van der Waals surface area contributed by atoms with E-state index >= 15 is 0 Å². The van der Waals surface area contributed by atoms with Crippen LogP contribution >= 0.6 is 35.0 Å². The zero-order valence-corrected chi connectivity index (χ0v) is 19.6. The summed E-state index contributed by atoms with van der Waals surface area (Å²) in [6, 6.07) is 11.4. The number of amides is 1. The Morgan fingerprint density at radius 2 is 1.83 bits per heavy atom. The Morgan fingerprint density at radius 3 is 2.43 bits per heavy atom. The van der Waals surface area contributed by atoms with Crippen LogP contribution < -0.4 is 0 Å². The van der Waals surface area contributed by atoms with Gasteiger partial charge in [0.1, 0.15) is 18.5 Å². The van der Waals surface area contributed by atoms with Crippen molar-refractivity contribution in [2.45, 2.75) is 50.6 Å². The molecule has 162 valence electrons. The number of thioether (sulfide) groups is 1. The Bertz CT molecular complexity index is 858. The van der Waals surface area contributed by atoms with E-state index in [0.29, 0.717) is 20.9 Å². The first-order valence-electron chi connectivity index (χ1n) is 10.1. The molecule has 0 radical (unpaired) electrons. The highest BCUT2D eigenvalue weighted by atomic mass is 35.5. The molecule has 7 heteroatoms. The SMILES string of the molecule is CC[C@@H](CSC(C)C)N1C(=O)CO[C@H](c2cc(F)cc(Cl)c2)C1c1ccc(Cl)cc1. The van der Waals surface area contributed by atoms with Crippen LogP contribution in [-0.4, -0.2) is 34.5 Å². The highest BCUT2D eigenvalue weighted by Gasteiger charge is 2.41. The third kappa shape index (κ3) is 5.50. The third-order valence-electron chi connectivity index (χ3n) is 5.17. The first-order chi connectivity index (χ1) is 14.3. The van der Waals surface area contributed by atoms with Gasteiger partial charge in [0.15, 0.2) is 0 Å². The molecule has 0 aliphatic carbocycles. The molecule has 30 heavy (non-hydrogen) atoms. The summed E-state index contributed by atoms with van der Waals surface area (Å²) in [7, 11) is 0. The van der Waals surface area contributed by atoms with E-state index in [1.54, 1.807) is 18.2 Å². The molecule has 1 aliphatic rings. The number of halogens is 3. The van der Waals surface area contributed by atoms with Gasteiger partial charge in [-0.2, -0.15) is 11.8 Å². The Kier molecular flexibility index (Phi) is 8.08. The predicted octanol–water partition coefficient (Wildman–Crippen LogP) is 6.69. The van der Waals surface area contributed by atoms with Gasteiger partial charge in [0.2, 0.25) is 5.91 Å². The van der Waals surface area contributed by atoms with Crippen molar-refractivity contribution in [2.75, 3.05) is 12.4 Å². The number of rotatable bonds is 7. The molecule has 3 nitrogen and oxygen atoms in total. The summed E-state index contributed by atoms with van der Waals surface area (Å²) < 4.78 is 20.1. The van der Waals surface area contributed by atoms with E-state index in [2.05, 4.69) is 20.8 Å². The number of ether oxygens (including phenoxy) is 1. The Labute approximate surface area is 191 Å². The molecule has 1 saturated heterocycles. The fourth-order valence-electron chi connectivity index (χ4n) is 3.77. The van der Waals surface area contributed by atoms with Gasteiger partial charge in [0.05, 0.1) is 6.04 Å². The molecule has 0 spiro atoms. The van der Waals surface area contributed by atoms with Crippen molar-refractivity contribution >= 4 is 40.9 Å². The summed E-state index contributed by atoms with van der Waals surface area (Å²) in [6.07, 6.45) is 0.279. The molecule has 1 amide bonds. The number of carbonyl (C=O) groups is 1. The van der Waals surface area contributed by atoms with E-state index < -0.39 is 18.0 Å². The highest BCUT2D eigenvalue weighted by Crippen LogP contribution is 2.43. The van der Waals surface area contributed by atoms with Gasteiger partial charge in [-0.1, -0.05) is 56.1 Å². The Hall–Kier alpha value is -1.27. The average Bonchev–Trinajstić information content (AvgIpc) is 2.69. The minimum absolute atomic E-state index is 0.0287. The van der Waals surface area contributed by atoms with Gasteiger partial charge in [-0.15, -0.1) is 0 Å². The molecule has 0 bridgehead atoms. The molecule has 0 N–H and O–H groups in total. The molecular formula is C23H26Cl2FNO2S. The van der Waals surface area contributed by atoms with Crippen LogP contribution in [0.25, 0.3) is 0 Å². The lowest BCUT2D eigenvalue weighted by Gasteiger charge is -2.45. The number of benzene rings is 2. The second-order valence-corrected chi connectivity index (χ2v) is 10.2. The largest absolute Gasteiger partial charge is 0.361 e. The van der Waals surface area contributed by atoms with Crippen LogP contribution in [0.5, 0.6) is 0 Å². The summed E-state index contributed by atoms with van der Waals surface area (Å²) in [5, 5.41) is 1.37. The van der Waals surface area contributed by atoms with Crippen molar-refractivity contribution in [3.8, 4) is 0 Å². The lowest BCUT2D eigenvalue weighted by atomic mass is 9.91. The van der Waals surface area contributed by atoms with Crippen LogP contribution in [0.2, 0.25) is 10.0 Å². The highest BCUT2D eigenvalue weighted by molar-refractivity contribution is 7.99. The molecule has 1 fully saturated rings. The van der Waals surface area contributed by atoms with Gasteiger partial charge >= 0.3 is 0 Å². The summed E-state index contributed by atoms with van der Waals surface area (Å²) in [4.78, 5) is 15.0. The van der Waals surface area contributed by atoms with Crippen molar-refractivity contribution < 1.29 is 13.9 Å². The van der Waals surface area contributed by atoms with Crippen LogP contribution in [0.1, 0.15) is 50.5 Å². The van der Waals surface area contributed by atoms with E-state index in [0.717, 1.165) is 17.7 Å². The van der Waals surface area contributed by atoms with Crippen LogP contribution in [0.3, 0.4) is 0 Å². The first kappa shape index (κ1) is 23.4. The van der Waals surface area contributed by atoms with E-state index in [1.807, 2.05) is 28.8 Å². The molecule has 0 aromatic heterocycles. The van der Waals surface area contributed by atoms with Crippen molar-refractivity contribution in [2.24, 2.45) is 0 Å². The van der Waals surface area contributed by atoms with Gasteiger partial charge in [-0.05, 0) is 53.1 Å². The summed E-state index contributed by atoms with van der Waals surface area (Å²) >= 11 is 14.1. The van der Waals surface area contributed by atoms with Crippen LogP contribution in [0, 0.1) is 5.82 Å². The number of hydrogen-bond acceptors (Lipinski definition) is 3. The Balaban J connectivity index is 2.07. The van der Waals surface area contributed by atoms with Crippen molar-refractivity contribution in [1.29, 1.82) is 0 Å². The second-order valence-electron chi connectivity index (χ2n) is 7.68. The normalized spacial score (nSPS) is 20.6. The predicted molar refractivity (Wildman–Crippen MR) is 123 cm³/mol. The maximum absolute atomic E-state index is 14.1. The standard InChI is InChI=1S/C23H26Cl2FNO2S/c1-4-20(13-30-14(2)3)27-21(28)12-29-23(16-9-18(25)11-19(26)10-16)22(27)15-5-7-17(24)8-6-15/h5-11,14,20,22-23H,4,12-13H2,1-3H3/t20-,22?,23+/m0/s1. The average molecular weight is 470 g/mol. The summed E-state index contributed by atoms with van der Waals surface area (Å²) in [5.41, 5.74) is 1.51. The number of carbonyl (C=O) groups excluding carboxylic acids is 1. The van der Waals surface area contributed by atoms with Crippen molar-refractivity contribution in [3.05, 3.63) is 69.5 Å². The monoisotopic (exact) mass is 469 g/mol. The van der Waals surface area contributed by atoms with E-state index in [4.69, 9.17) is 27.9 Å². The minimum Gasteiger partial charge on any atom is -0.361 e. The molecular weight excluding hydrogens is 444 g/mol. The van der Waals surface area contributed by atoms with Crippen molar-refractivity contribution in [3.63, 3.8) is 0 Å². The fraction of sp³-hybridized carbons (Fsp3) is 0.435. The van der Waals surface area contributed by atoms with Gasteiger partial charge in [-0.3, -0.25) is 4.79 Å². The maximum atomic E-state index is 14.1. The molecule has 0 saturated carbocycles. The molecule has 1 unspecified atom stereocenters. The second kappa shape index (κ2) is 10.4. The van der Waals surface area contributed by atoms with Gasteiger partial charge in [-0.25, -0.2) is 4.39 Å². The van der Waals surface area contributed by atoms with Gasteiger partial charge in [0.25, 0.3) is 0 Å². The topological polar surface area (TPSA) is 29.5 Å². The van der Waals surface area contributed by atoms with E-state index in [1.165, 1.54) is 12.1 Å². The first-order valence-corrected chi connectivity index (χ1v) is 11.9. The summed E-state index contributed by atoms with van der Waals surface area (Å²) in [5.74, 6) is 0.326. The molecule has 1 aliphatic heterocycles. The number of nitrogens with zero attached hydrogens (tertiary/aromatic N) is 1. The van der Waals surface area contributed by atoms with E-state index in [9.17, 15) is 9.18 Å². The smallest absolute Gasteiger partial charge is 0.249 e. The molecule has 3 atom stereocenters. The quantitative estimate of drug-likeness (QED) is 0.451. The number of morpholine rings is 1. The lowest BCUT2D eigenvalue weighted by molar-refractivity contribution is -0.162. The van der Waals surface area contributed by atoms with Crippen LogP contribution in [-0.2, 0) is 9.53 Å². The third-order valence-corrected chi connectivity index (χ3v) is 6.89. The minimum atomic E-state index is -0.532. The summed E-state index contributed by atoms with van der Waals surface area (Å²) in [6.45, 7) is 6.33. The maximum Gasteiger partial charge on any atom is 0.249 e. The van der Waals surface area contributed by atoms with Crippen LogP contribution in [0.15, 0.2) is 42.5 Å².